The number of nitrogens with zero attached hydrogens (tertiary/aromatic N) is 2. The van der Waals surface area contributed by atoms with E-state index in [1.807, 2.05) is 48.7 Å². The van der Waals surface area contributed by atoms with E-state index in [0.717, 1.165) is 11.3 Å². The number of rotatable bonds is 9. The van der Waals surface area contributed by atoms with Crippen molar-refractivity contribution in [2.24, 2.45) is 0 Å². The van der Waals surface area contributed by atoms with Gasteiger partial charge in [0, 0.05) is 11.3 Å². The van der Waals surface area contributed by atoms with Gasteiger partial charge in [-0.1, -0.05) is 50.1 Å². The highest BCUT2D eigenvalue weighted by Gasteiger charge is 2.25. The highest BCUT2D eigenvalue weighted by molar-refractivity contribution is 7.39. The third-order valence-corrected chi connectivity index (χ3v) is 5.96. The Balaban J connectivity index is 1.94. The molecule has 0 aliphatic heterocycles. The quantitative estimate of drug-likeness (QED) is 0.337. The van der Waals surface area contributed by atoms with E-state index in [1.54, 1.807) is 12.1 Å². The molecule has 0 aliphatic rings. The molecular formula is C25H25FN2O5P+. The third kappa shape index (κ3) is 6.58. The molecule has 0 bridgehead atoms. The molecule has 0 radical (unpaired) electrons. The van der Waals surface area contributed by atoms with Gasteiger partial charge in [0.25, 0.3) is 0 Å². The Kier molecular flexibility index (Phi) is 8.67. The number of halogens is 1. The molecule has 0 spiro atoms. The molecule has 2 aromatic carbocycles. The normalized spacial score (nSPS) is 12.2. The molecule has 3 rings (SSSR count). The van der Waals surface area contributed by atoms with E-state index in [-0.39, 0.29) is 24.5 Å². The summed E-state index contributed by atoms with van der Waals surface area (Å²) in [7, 11) is -2.27. The smallest absolute Gasteiger partial charge is 0.481 e. The number of hydrogen-bond acceptors (Lipinski definition) is 5. The lowest BCUT2D eigenvalue weighted by Gasteiger charge is -2.10. The molecule has 34 heavy (non-hydrogen) atoms. The first-order valence-corrected chi connectivity index (χ1v) is 12.0. The van der Waals surface area contributed by atoms with Gasteiger partial charge in [0.2, 0.25) is 6.16 Å². The van der Waals surface area contributed by atoms with E-state index >= 15 is 0 Å². The molecule has 7 nitrogen and oxygen atoms in total. The van der Waals surface area contributed by atoms with E-state index in [9.17, 15) is 18.9 Å². The Bertz CT molecular complexity index is 1210. The van der Waals surface area contributed by atoms with Gasteiger partial charge in [0.05, 0.1) is 12.1 Å². The van der Waals surface area contributed by atoms with Crippen molar-refractivity contribution in [2.45, 2.75) is 32.3 Å². The maximum absolute atomic E-state index is 13.6. The van der Waals surface area contributed by atoms with Crippen molar-refractivity contribution in [2.75, 3.05) is 12.8 Å². The van der Waals surface area contributed by atoms with Crippen LogP contribution in [0.15, 0.2) is 54.6 Å². The van der Waals surface area contributed by atoms with Gasteiger partial charge in [-0.3, -0.25) is 9.36 Å². The highest BCUT2D eigenvalue weighted by atomic mass is 31.1. The SMILES string of the molecule is CC(C)c1nc(-c2ccccc2)n(-c2ccc(F)cc2)c1C#CCO[P+](=O)C[C@@H](O)CC(=O)O. The lowest BCUT2D eigenvalue weighted by Crippen LogP contribution is -2.15. The monoisotopic (exact) mass is 483 g/mol. The Morgan fingerprint density at radius 2 is 1.85 bits per heavy atom. The second-order valence-electron chi connectivity index (χ2n) is 7.84. The van der Waals surface area contributed by atoms with E-state index in [2.05, 4.69) is 11.8 Å². The maximum atomic E-state index is 13.6. The fourth-order valence-electron chi connectivity index (χ4n) is 3.30. The minimum atomic E-state index is -2.27. The summed E-state index contributed by atoms with van der Waals surface area (Å²) in [5.41, 5.74) is 2.91. The number of carbonyl (C=O) groups is 1. The molecule has 0 fully saturated rings. The fraction of sp³-hybridized carbons (Fsp3) is 0.280. The summed E-state index contributed by atoms with van der Waals surface area (Å²) in [6.07, 6.45) is -2.05. The molecule has 176 valence electrons. The van der Waals surface area contributed by atoms with Gasteiger partial charge in [-0.15, -0.1) is 4.52 Å². The minimum absolute atomic E-state index is 0.0391. The third-order valence-electron chi connectivity index (χ3n) is 4.83. The zero-order valence-electron chi connectivity index (χ0n) is 18.8. The molecule has 0 saturated heterocycles. The Labute approximate surface area is 198 Å². The van der Waals surface area contributed by atoms with Gasteiger partial charge in [-0.05, 0) is 40.7 Å². The number of carboxylic acids is 1. The lowest BCUT2D eigenvalue weighted by molar-refractivity contribution is -0.138. The minimum Gasteiger partial charge on any atom is -0.481 e. The van der Waals surface area contributed by atoms with Gasteiger partial charge >= 0.3 is 14.0 Å². The van der Waals surface area contributed by atoms with Crippen molar-refractivity contribution >= 4 is 14.0 Å². The van der Waals surface area contributed by atoms with Crippen LogP contribution in [-0.2, 0) is 13.9 Å². The number of hydrogen-bond donors (Lipinski definition) is 2. The number of aliphatic hydroxyl groups is 1. The average molecular weight is 483 g/mol. The maximum Gasteiger partial charge on any atom is 0.511 e. The van der Waals surface area contributed by atoms with E-state index in [1.165, 1.54) is 12.1 Å². The van der Waals surface area contributed by atoms with Gasteiger partial charge in [-0.25, -0.2) is 9.37 Å². The topological polar surface area (TPSA) is 102 Å². The molecule has 1 heterocycles. The number of aliphatic carboxylic acids is 1. The summed E-state index contributed by atoms with van der Waals surface area (Å²) in [5.74, 6) is 5.05. The molecule has 3 aromatic rings. The molecule has 9 heteroatoms. The van der Waals surface area contributed by atoms with Crippen LogP contribution < -0.4 is 0 Å². The molecular weight excluding hydrogens is 458 g/mol. The molecule has 2 N–H and O–H groups in total. The Hall–Kier alpha value is -3.37. The average Bonchev–Trinajstić information content (AvgIpc) is 3.17. The number of imidazole rings is 1. The van der Waals surface area contributed by atoms with Crippen LogP contribution in [0.25, 0.3) is 17.1 Å². The van der Waals surface area contributed by atoms with E-state index in [4.69, 9.17) is 14.6 Å². The van der Waals surface area contributed by atoms with Crippen molar-refractivity contribution < 1.29 is 28.5 Å². The molecule has 2 atom stereocenters. The zero-order valence-corrected chi connectivity index (χ0v) is 19.7. The summed E-state index contributed by atoms with van der Waals surface area (Å²) in [5, 5.41) is 18.3. The lowest BCUT2D eigenvalue weighted by atomic mass is 10.1. The van der Waals surface area contributed by atoms with E-state index < -0.39 is 26.5 Å². The summed E-state index contributed by atoms with van der Waals surface area (Å²) in [4.78, 5) is 15.5. The van der Waals surface area contributed by atoms with Gasteiger partial charge in [-0.2, -0.15) is 0 Å². The molecule has 1 aromatic heterocycles. The fourth-order valence-corrected chi connectivity index (χ4v) is 4.08. The number of carboxylic acid groups (broad SMARTS) is 1. The molecule has 0 amide bonds. The number of aliphatic hydroxyl groups excluding tert-OH is 1. The van der Waals surface area contributed by atoms with Crippen molar-refractivity contribution in [1.29, 1.82) is 0 Å². The second kappa shape index (κ2) is 11.7. The van der Waals surface area contributed by atoms with Crippen molar-refractivity contribution in [3.63, 3.8) is 0 Å². The summed E-state index contributed by atoms with van der Waals surface area (Å²) in [6.45, 7) is 3.81. The van der Waals surface area contributed by atoms with Gasteiger partial charge < -0.3 is 10.2 Å². The summed E-state index contributed by atoms with van der Waals surface area (Å²) >= 11 is 0. The van der Waals surface area contributed by atoms with Crippen LogP contribution in [-0.4, -0.2) is 44.6 Å². The number of aromatic nitrogens is 2. The summed E-state index contributed by atoms with van der Waals surface area (Å²) < 4.78 is 32.6. The zero-order chi connectivity index (χ0) is 24.7. The van der Waals surface area contributed by atoms with Crippen LogP contribution >= 0.6 is 8.03 Å². The van der Waals surface area contributed by atoms with E-state index in [0.29, 0.717) is 17.2 Å². The first-order chi connectivity index (χ1) is 16.3. The van der Waals surface area contributed by atoms with Crippen molar-refractivity contribution in [3.05, 3.63) is 71.8 Å². The molecule has 0 saturated carbocycles. The predicted molar refractivity (Wildman–Crippen MR) is 127 cm³/mol. The largest absolute Gasteiger partial charge is 0.511 e. The van der Waals surface area contributed by atoms with Crippen LogP contribution in [0.5, 0.6) is 0 Å². The van der Waals surface area contributed by atoms with Gasteiger partial charge in [0.15, 0.2) is 6.61 Å². The predicted octanol–water partition coefficient (Wildman–Crippen LogP) is 4.75. The second-order valence-corrected chi connectivity index (χ2v) is 9.13. The van der Waals surface area contributed by atoms with Crippen LogP contribution in [0.2, 0.25) is 0 Å². The Morgan fingerprint density at radius 3 is 2.47 bits per heavy atom. The van der Waals surface area contributed by atoms with Crippen LogP contribution in [0.3, 0.4) is 0 Å². The summed E-state index contributed by atoms with van der Waals surface area (Å²) in [6, 6.07) is 15.6. The van der Waals surface area contributed by atoms with Crippen LogP contribution in [0.1, 0.15) is 37.6 Å². The van der Waals surface area contributed by atoms with Crippen molar-refractivity contribution in [3.8, 4) is 28.9 Å². The first-order valence-electron chi connectivity index (χ1n) is 10.7. The highest BCUT2D eigenvalue weighted by Crippen LogP contribution is 2.30. The Morgan fingerprint density at radius 1 is 1.18 bits per heavy atom. The van der Waals surface area contributed by atoms with Crippen molar-refractivity contribution in [1.82, 2.24) is 9.55 Å². The molecule has 0 aliphatic carbocycles. The van der Waals surface area contributed by atoms with Crippen LogP contribution in [0, 0.1) is 17.7 Å². The number of benzene rings is 2. The first kappa shape index (κ1) is 25.3. The van der Waals surface area contributed by atoms with Gasteiger partial charge in [0.1, 0.15) is 23.4 Å². The molecule has 1 unspecified atom stereocenters. The standard InChI is InChI=1S/C25H24FN2O5P/c1-17(2)24-22(9-6-14-33-34(32)16-21(29)15-23(30)31)28(20-12-10-19(26)11-13-20)25(27-24)18-7-4-3-5-8-18/h3-5,7-8,10-13,17,21,29H,14-16H2,1-2H3/p+1/t21-/m0/s1. The van der Waals surface area contributed by atoms with Crippen LogP contribution in [0.4, 0.5) is 4.39 Å².